The molecule has 0 aromatic heterocycles. The van der Waals surface area contributed by atoms with Gasteiger partial charge in [0.1, 0.15) is 0 Å². The number of carbonyl (C=O) groups excluding carboxylic acids is 2. The van der Waals surface area contributed by atoms with Crippen LogP contribution in [0, 0.1) is 0 Å². The van der Waals surface area contributed by atoms with Crippen molar-refractivity contribution >= 4 is 11.8 Å². The maximum absolute atomic E-state index is 11.0. The summed E-state index contributed by atoms with van der Waals surface area (Å²) in [7, 11) is 1.61. The average molecular weight is 157 g/mol. The molecule has 1 rings (SSSR count). The molecule has 0 heterocycles. The molecular formula is C6H11N3O2. The van der Waals surface area contributed by atoms with E-state index in [-0.39, 0.29) is 6.04 Å². The summed E-state index contributed by atoms with van der Waals surface area (Å²) in [6.07, 6.45) is 1.97. The fourth-order valence-electron chi connectivity index (χ4n) is 0.850. The van der Waals surface area contributed by atoms with Crippen molar-refractivity contribution in [3.8, 4) is 0 Å². The first kappa shape index (κ1) is 8.00. The second-order valence-corrected chi connectivity index (χ2v) is 2.62. The van der Waals surface area contributed by atoms with Gasteiger partial charge in [-0.25, -0.2) is 5.84 Å². The van der Waals surface area contributed by atoms with Crippen LogP contribution in [0.1, 0.15) is 12.8 Å². The van der Waals surface area contributed by atoms with Gasteiger partial charge in [0, 0.05) is 13.1 Å². The number of hydrogen-bond acceptors (Lipinski definition) is 3. The molecule has 1 fully saturated rings. The van der Waals surface area contributed by atoms with Crippen molar-refractivity contribution in [1.82, 2.24) is 10.3 Å². The highest BCUT2D eigenvalue weighted by Gasteiger charge is 2.32. The van der Waals surface area contributed by atoms with E-state index in [2.05, 4.69) is 0 Å². The lowest BCUT2D eigenvalue weighted by molar-refractivity contribution is -0.145. The molecule has 0 spiro atoms. The number of likely N-dealkylation sites (N-methyl/N-ethyl adjacent to an activating group) is 1. The lowest BCUT2D eigenvalue weighted by Crippen LogP contribution is -2.44. The molecular weight excluding hydrogens is 146 g/mol. The quantitative estimate of drug-likeness (QED) is 0.213. The predicted molar refractivity (Wildman–Crippen MR) is 38.1 cm³/mol. The second-order valence-electron chi connectivity index (χ2n) is 2.62. The number of hydrazine groups is 1. The van der Waals surface area contributed by atoms with Gasteiger partial charge in [-0.05, 0) is 12.8 Å². The summed E-state index contributed by atoms with van der Waals surface area (Å²) in [5.41, 5.74) is 1.80. The molecule has 0 radical (unpaired) electrons. The Kier molecular flexibility index (Phi) is 2.09. The third-order valence-corrected chi connectivity index (χ3v) is 1.74. The number of hydrogen-bond donors (Lipinski definition) is 2. The number of nitrogens with zero attached hydrogens (tertiary/aromatic N) is 1. The molecule has 1 aliphatic rings. The highest BCUT2D eigenvalue weighted by molar-refractivity contribution is 6.34. The SMILES string of the molecule is CN(C(=O)C(=O)NN)C1CC1. The van der Waals surface area contributed by atoms with E-state index < -0.39 is 11.8 Å². The Bertz CT molecular complexity index is 188. The molecule has 2 amide bonds. The lowest BCUT2D eigenvalue weighted by atomic mass is 10.5. The largest absolute Gasteiger partial charge is 0.334 e. The molecule has 5 heteroatoms. The van der Waals surface area contributed by atoms with Gasteiger partial charge in [-0.15, -0.1) is 0 Å². The molecule has 0 saturated heterocycles. The minimum atomic E-state index is -0.751. The summed E-state index contributed by atoms with van der Waals surface area (Å²) < 4.78 is 0. The van der Waals surface area contributed by atoms with E-state index in [1.54, 1.807) is 12.5 Å². The van der Waals surface area contributed by atoms with Crippen LogP contribution in [-0.2, 0) is 9.59 Å². The van der Waals surface area contributed by atoms with Crippen LogP contribution >= 0.6 is 0 Å². The highest BCUT2D eigenvalue weighted by Crippen LogP contribution is 2.25. The topological polar surface area (TPSA) is 75.4 Å². The zero-order valence-electron chi connectivity index (χ0n) is 6.33. The predicted octanol–water partition coefficient (Wildman–Crippen LogP) is -1.40. The monoisotopic (exact) mass is 157 g/mol. The van der Waals surface area contributed by atoms with Crippen LogP contribution in [0.5, 0.6) is 0 Å². The van der Waals surface area contributed by atoms with Crippen molar-refractivity contribution in [3.63, 3.8) is 0 Å². The van der Waals surface area contributed by atoms with Crippen LogP contribution in [0.2, 0.25) is 0 Å². The number of nitrogens with two attached hydrogens (primary N) is 1. The average Bonchev–Trinajstić information content (AvgIpc) is 2.82. The van der Waals surface area contributed by atoms with Gasteiger partial charge in [0.2, 0.25) is 0 Å². The zero-order valence-corrected chi connectivity index (χ0v) is 6.33. The van der Waals surface area contributed by atoms with E-state index in [1.165, 1.54) is 4.90 Å². The van der Waals surface area contributed by atoms with Gasteiger partial charge in [0.15, 0.2) is 0 Å². The maximum Gasteiger partial charge on any atom is 0.323 e. The summed E-state index contributed by atoms with van der Waals surface area (Å²) in [5.74, 6) is 3.47. The summed E-state index contributed by atoms with van der Waals surface area (Å²) in [4.78, 5) is 23.1. The Morgan fingerprint density at radius 2 is 2.09 bits per heavy atom. The van der Waals surface area contributed by atoms with Crippen LogP contribution in [0.25, 0.3) is 0 Å². The van der Waals surface area contributed by atoms with E-state index in [1.807, 2.05) is 0 Å². The Hall–Kier alpha value is -1.10. The van der Waals surface area contributed by atoms with Crippen molar-refractivity contribution < 1.29 is 9.59 Å². The minimum absolute atomic E-state index is 0.250. The molecule has 0 aliphatic heterocycles. The Labute approximate surface area is 64.5 Å². The number of nitrogens with one attached hydrogen (secondary N) is 1. The van der Waals surface area contributed by atoms with Crippen molar-refractivity contribution in [2.24, 2.45) is 5.84 Å². The molecule has 0 aromatic rings. The summed E-state index contributed by atoms with van der Waals surface area (Å²) in [6, 6.07) is 0.250. The number of amides is 2. The third-order valence-electron chi connectivity index (χ3n) is 1.74. The molecule has 0 atom stereocenters. The van der Waals surface area contributed by atoms with Crippen molar-refractivity contribution in [1.29, 1.82) is 0 Å². The Morgan fingerprint density at radius 3 is 2.45 bits per heavy atom. The van der Waals surface area contributed by atoms with Crippen LogP contribution < -0.4 is 11.3 Å². The van der Waals surface area contributed by atoms with Crippen LogP contribution in [0.15, 0.2) is 0 Å². The van der Waals surface area contributed by atoms with E-state index >= 15 is 0 Å². The van der Waals surface area contributed by atoms with Crippen molar-refractivity contribution in [3.05, 3.63) is 0 Å². The van der Waals surface area contributed by atoms with E-state index in [0.29, 0.717) is 0 Å². The Morgan fingerprint density at radius 1 is 1.55 bits per heavy atom. The highest BCUT2D eigenvalue weighted by atomic mass is 16.2. The van der Waals surface area contributed by atoms with Gasteiger partial charge in [0.25, 0.3) is 0 Å². The first-order valence-corrected chi connectivity index (χ1v) is 3.44. The fourth-order valence-corrected chi connectivity index (χ4v) is 0.850. The smallest absolute Gasteiger partial charge is 0.323 e. The molecule has 62 valence electrons. The van der Waals surface area contributed by atoms with Gasteiger partial charge in [-0.1, -0.05) is 0 Å². The fraction of sp³-hybridized carbons (Fsp3) is 0.667. The first-order chi connectivity index (χ1) is 5.16. The van der Waals surface area contributed by atoms with E-state index in [0.717, 1.165) is 12.8 Å². The van der Waals surface area contributed by atoms with Crippen molar-refractivity contribution in [2.75, 3.05) is 7.05 Å². The van der Waals surface area contributed by atoms with Crippen LogP contribution in [-0.4, -0.2) is 29.8 Å². The third kappa shape index (κ3) is 1.68. The molecule has 5 nitrogen and oxygen atoms in total. The number of carbonyl (C=O) groups is 2. The minimum Gasteiger partial charge on any atom is -0.334 e. The summed E-state index contributed by atoms with van der Waals surface area (Å²) >= 11 is 0. The molecule has 1 saturated carbocycles. The van der Waals surface area contributed by atoms with Crippen LogP contribution in [0.3, 0.4) is 0 Å². The first-order valence-electron chi connectivity index (χ1n) is 3.44. The normalized spacial score (nSPS) is 15.8. The molecule has 0 aromatic carbocycles. The molecule has 0 unspecified atom stereocenters. The maximum atomic E-state index is 11.0. The summed E-state index contributed by atoms with van der Waals surface area (Å²) in [6.45, 7) is 0. The standard InChI is InChI=1S/C6H11N3O2/c1-9(4-2-3-4)6(11)5(10)8-7/h4H,2-3,7H2,1H3,(H,8,10). The summed E-state index contributed by atoms with van der Waals surface area (Å²) in [5, 5.41) is 0. The molecule has 3 N–H and O–H groups in total. The molecule has 11 heavy (non-hydrogen) atoms. The Balaban J connectivity index is 2.45. The number of rotatable bonds is 1. The van der Waals surface area contributed by atoms with Gasteiger partial charge in [-0.2, -0.15) is 0 Å². The second kappa shape index (κ2) is 2.87. The van der Waals surface area contributed by atoms with Gasteiger partial charge in [0.05, 0.1) is 0 Å². The van der Waals surface area contributed by atoms with Gasteiger partial charge < -0.3 is 4.90 Å². The van der Waals surface area contributed by atoms with Gasteiger partial charge >= 0.3 is 11.8 Å². The molecule has 0 bridgehead atoms. The zero-order chi connectivity index (χ0) is 8.43. The van der Waals surface area contributed by atoms with E-state index in [4.69, 9.17) is 5.84 Å². The van der Waals surface area contributed by atoms with Crippen LogP contribution in [0.4, 0.5) is 0 Å². The molecule has 1 aliphatic carbocycles. The van der Waals surface area contributed by atoms with E-state index in [9.17, 15) is 9.59 Å². The van der Waals surface area contributed by atoms with Gasteiger partial charge in [-0.3, -0.25) is 15.0 Å². The lowest BCUT2D eigenvalue weighted by Gasteiger charge is -2.13. The van der Waals surface area contributed by atoms with Crippen molar-refractivity contribution in [2.45, 2.75) is 18.9 Å².